The van der Waals surface area contributed by atoms with Crippen LogP contribution < -0.4 is 9.62 Å². The maximum absolute atomic E-state index is 14.5. The summed E-state index contributed by atoms with van der Waals surface area (Å²) in [6, 6.07) is 9.79. The molecular weight excluding hydrogens is 505 g/mol. The van der Waals surface area contributed by atoms with Gasteiger partial charge in [-0.25, -0.2) is 12.8 Å². The van der Waals surface area contributed by atoms with Crippen molar-refractivity contribution in [1.29, 1.82) is 0 Å². The number of halogens is 2. The molecule has 196 valence electrons. The number of benzene rings is 2. The molecule has 0 aromatic heterocycles. The van der Waals surface area contributed by atoms with Crippen LogP contribution in [0, 0.1) is 12.7 Å². The van der Waals surface area contributed by atoms with Crippen molar-refractivity contribution in [3.05, 3.63) is 64.4 Å². The van der Waals surface area contributed by atoms with E-state index in [2.05, 4.69) is 5.32 Å². The maximum atomic E-state index is 14.5. The zero-order chi connectivity index (χ0) is 26.5. The van der Waals surface area contributed by atoms with Crippen LogP contribution in [0.4, 0.5) is 10.1 Å². The molecular formula is C26H33ClFN3O4S. The van der Waals surface area contributed by atoms with Crippen molar-refractivity contribution in [3.8, 4) is 0 Å². The first-order chi connectivity index (χ1) is 17.0. The summed E-state index contributed by atoms with van der Waals surface area (Å²) in [6.07, 6.45) is 5.94. The van der Waals surface area contributed by atoms with Crippen LogP contribution in [0.25, 0.3) is 0 Å². The van der Waals surface area contributed by atoms with Gasteiger partial charge < -0.3 is 10.2 Å². The van der Waals surface area contributed by atoms with Gasteiger partial charge in [0.2, 0.25) is 21.8 Å². The standard InChI is InChI=1S/C26H33ClFN3O4S/c1-18-15-21(27)13-14-24(18)31(36(3,34)35)17-25(32)30(16-20-9-7-8-12-23(20)28)19(2)26(33)29-22-10-5-4-6-11-22/h7-9,12-15,19,22H,4-6,10-11,16-17H2,1-3H3,(H,29,33). The summed E-state index contributed by atoms with van der Waals surface area (Å²) in [4.78, 5) is 28.0. The van der Waals surface area contributed by atoms with Gasteiger partial charge in [-0.1, -0.05) is 49.1 Å². The molecule has 1 unspecified atom stereocenters. The average Bonchev–Trinajstić information content (AvgIpc) is 2.82. The van der Waals surface area contributed by atoms with E-state index in [1.54, 1.807) is 44.2 Å². The van der Waals surface area contributed by atoms with E-state index in [4.69, 9.17) is 11.6 Å². The Morgan fingerprint density at radius 1 is 1.14 bits per heavy atom. The van der Waals surface area contributed by atoms with E-state index in [0.717, 1.165) is 42.7 Å². The fourth-order valence-electron chi connectivity index (χ4n) is 4.45. The smallest absolute Gasteiger partial charge is 0.244 e. The first kappa shape index (κ1) is 27.9. The molecule has 1 N–H and O–H groups in total. The average molecular weight is 538 g/mol. The van der Waals surface area contributed by atoms with Gasteiger partial charge in [-0.2, -0.15) is 0 Å². The fraction of sp³-hybridized carbons (Fsp3) is 0.462. The summed E-state index contributed by atoms with van der Waals surface area (Å²) in [5, 5.41) is 3.45. The van der Waals surface area contributed by atoms with E-state index in [9.17, 15) is 22.4 Å². The molecule has 2 amide bonds. The molecule has 0 spiro atoms. The van der Waals surface area contributed by atoms with Crippen LogP contribution in [0.1, 0.15) is 50.2 Å². The second-order valence-corrected chi connectivity index (χ2v) is 11.7. The first-order valence-electron chi connectivity index (χ1n) is 12.0. The summed E-state index contributed by atoms with van der Waals surface area (Å²) in [6.45, 7) is 2.55. The molecule has 1 aliphatic rings. The second kappa shape index (κ2) is 12.1. The van der Waals surface area contributed by atoms with E-state index < -0.39 is 34.3 Å². The highest BCUT2D eigenvalue weighted by molar-refractivity contribution is 7.92. The van der Waals surface area contributed by atoms with E-state index in [0.29, 0.717) is 16.3 Å². The molecule has 0 heterocycles. The lowest BCUT2D eigenvalue weighted by Crippen LogP contribution is -2.53. The molecule has 3 rings (SSSR count). The number of nitrogens with one attached hydrogen (secondary N) is 1. The van der Waals surface area contributed by atoms with Crippen molar-refractivity contribution in [2.75, 3.05) is 17.1 Å². The summed E-state index contributed by atoms with van der Waals surface area (Å²) < 4.78 is 40.9. The zero-order valence-electron chi connectivity index (χ0n) is 20.8. The molecule has 7 nitrogen and oxygen atoms in total. The van der Waals surface area contributed by atoms with Gasteiger partial charge in [0.05, 0.1) is 11.9 Å². The Labute approximate surface area is 217 Å². The van der Waals surface area contributed by atoms with Crippen molar-refractivity contribution >= 4 is 39.1 Å². The SMILES string of the molecule is Cc1cc(Cl)ccc1N(CC(=O)N(Cc1ccccc1F)C(C)C(=O)NC1CCCCC1)S(C)(=O)=O. The van der Waals surface area contributed by atoms with Crippen LogP contribution in [-0.2, 0) is 26.2 Å². The monoisotopic (exact) mass is 537 g/mol. The highest BCUT2D eigenvalue weighted by Gasteiger charge is 2.32. The van der Waals surface area contributed by atoms with Gasteiger partial charge in [0.15, 0.2) is 0 Å². The molecule has 2 aromatic carbocycles. The van der Waals surface area contributed by atoms with Crippen molar-refractivity contribution in [3.63, 3.8) is 0 Å². The van der Waals surface area contributed by atoms with Crippen LogP contribution in [0.5, 0.6) is 0 Å². The Morgan fingerprint density at radius 2 is 1.81 bits per heavy atom. The molecule has 10 heteroatoms. The number of carbonyl (C=O) groups excluding carboxylic acids is 2. The Hall–Kier alpha value is -2.65. The normalized spacial score (nSPS) is 15.2. The fourth-order valence-corrected chi connectivity index (χ4v) is 5.59. The largest absolute Gasteiger partial charge is 0.352 e. The molecule has 0 radical (unpaired) electrons. The molecule has 36 heavy (non-hydrogen) atoms. The highest BCUT2D eigenvalue weighted by atomic mass is 35.5. The minimum Gasteiger partial charge on any atom is -0.352 e. The van der Waals surface area contributed by atoms with Crippen LogP contribution >= 0.6 is 11.6 Å². The Bertz CT molecular complexity index is 1200. The van der Waals surface area contributed by atoms with Crippen LogP contribution in [0.2, 0.25) is 5.02 Å². The number of carbonyl (C=O) groups is 2. The third-order valence-corrected chi connectivity index (χ3v) is 7.89. The third kappa shape index (κ3) is 7.20. The van der Waals surface area contributed by atoms with Crippen LogP contribution in [0.3, 0.4) is 0 Å². The molecule has 1 aliphatic carbocycles. The quantitative estimate of drug-likeness (QED) is 0.513. The number of hydrogen-bond donors (Lipinski definition) is 1. The van der Waals surface area contributed by atoms with Gasteiger partial charge in [0, 0.05) is 23.2 Å². The number of anilines is 1. The number of nitrogens with zero attached hydrogens (tertiary/aromatic N) is 2. The first-order valence-corrected chi connectivity index (χ1v) is 14.3. The summed E-state index contributed by atoms with van der Waals surface area (Å²) >= 11 is 6.03. The summed E-state index contributed by atoms with van der Waals surface area (Å²) in [5.74, 6) is -1.48. The number of hydrogen-bond acceptors (Lipinski definition) is 4. The number of aryl methyl sites for hydroxylation is 1. The van der Waals surface area contributed by atoms with E-state index in [1.807, 2.05) is 0 Å². The van der Waals surface area contributed by atoms with Crippen molar-refractivity contribution in [2.24, 2.45) is 0 Å². The highest BCUT2D eigenvalue weighted by Crippen LogP contribution is 2.26. The van der Waals surface area contributed by atoms with Gasteiger partial charge in [-0.05, 0) is 56.5 Å². The lowest BCUT2D eigenvalue weighted by Gasteiger charge is -2.33. The predicted octanol–water partition coefficient (Wildman–Crippen LogP) is 4.42. The maximum Gasteiger partial charge on any atom is 0.244 e. The minimum absolute atomic E-state index is 0.0309. The Kier molecular flexibility index (Phi) is 9.35. The van der Waals surface area contributed by atoms with Crippen molar-refractivity contribution < 1.29 is 22.4 Å². The number of amides is 2. The predicted molar refractivity (Wildman–Crippen MR) is 140 cm³/mol. The van der Waals surface area contributed by atoms with Gasteiger partial charge in [-0.3, -0.25) is 13.9 Å². The van der Waals surface area contributed by atoms with Crippen LogP contribution in [0.15, 0.2) is 42.5 Å². The zero-order valence-corrected chi connectivity index (χ0v) is 22.4. The second-order valence-electron chi connectivity index (χ2n) is 9.33. The summed E-state index contributed by atoms with van der Waals surface area (Å²) in [7, 11) is -3.86. The van der Waals surface area contributed by atoms with Gasteiger partial charge in [0.1, 0.15) is 18.4 Å². The number of rotatable bonds is 9. The number of sulfonamides is 1. The molecule has 0 aliphatic heterocycles. The Balaban J connectivity index is 1.90. The summed E-state index contributed by atoms with van der Waals surface area (Å²) in [5.41, 5.74) is 1.11. The Morgan fingerprint density at radius 3 is 2.42 bits per heavy atom. The van der Waals surface area contributed by atoms with Crippen molar-refractivity contribution in [1.82, 2.24) is 10.2 Å². The van der Waals surface area contributed by atoms with Gasteiger partial charge in [0.25, 0.3) is 0 Å². The minimum atomic E-state index is -3.86. The molecule has 1 atom stereocenters. The van der Waals surface area contributed by atoms with Gasteiger partial charge in [-0.15, -0.1) is 0 Å². The van der Waals surface area contributed by atoms with E-state index in [-0.39, 0.29) is 24.1 Å². The molecule has 0 bridgehead atoms. The molecule has 1 fully saturated rings. The van der Waals surface area contributed by atoms with Crippen LogP contribution in [-0.4, -0.2) is 50.0 Å². The van der Waals surface area contributed by atoms with Crippen molar-refractivity contribution in [2.45, 2.75) is 64.6 Å². The molecule has 0 saturated heterocycles. The molecule has 1 saturated carbocycles. The van der Waals surface area contributed by atoms with E-state index in [1.165, 1.54) is 17.0 Å². The van der Waals surface area contributed by atoms with E-state index >= 15 is 0 Å². The molecule has 2 aromatic rings. The van der Waals surface area contributed by atoms with Gasteiger partial charge >= 0.3 is 0 Å². The third-order valence-electron chi connectivity index (χ3n) is 6.52. The lowest BCUT2D eigenvalue weighted by atomic mass is 9.95. The topological polar surface area (TPSA) is 86.8 Å². The lowest BCUT2D eigenvalue weighted by molar-refractivity contribution is -0.139.